The molecular weight excluding hydrogens is 209 g/mol. The Bertz CT molecular complexity index is 411. The number of imidazole rings is 1. The van der Waals surface area contributed by atoms with Crippen molar-refractivity contribution < 1.29 is 0 Å². The van der Waals surface area contributed by atoms with Gasteiger partial charge in [0.2, 0.25) is 0 Å². The average molecular weight is 218 g/mol. The number of aromatic nitrogens is 2. The van der Waals surface area contributed by atoms with Crippen LogP contribution in [0.5, 0.6) is 0 Å². The molecule has 70 valence electrons. The van der Waals surface area contributed by atoms with Crippen LogP contribution in [0.25, 0.3) is 5.65 Å². The number of rotatable bonds is 1. The quantitative estimate of drug-likeness (QED) is 0.793. The number of fused-ring (bicyclic) bond motifs is 1. The Morgan fingerprint density at radius 3 is 2.92 bits per heavy atom. The molecule has 0 aromatic carbocycles. The van der Waals surface area contributed by atoms with Crippen molar-refractivity contribution in [2.24, 2.45) is 5.73 Å². The molecule has 2 N–H and O–H groups in total. The first-order valence-electron chi connectivity index (χ1n) is 3.63. The molecule has 2 aromatic rings. The van der Waals surface area contributed by atoms with E-state index in [9.17, 15) is 0 Å². The molecule has 3 nitrogen and oxygen atoms in total. The molecule has 0 amide bonds. The molecule has 0 radical (unpaired) electrons. The lowest BCUT2D eigenvalue weighted by Gasteiger charge is -1.92. The Kier molecular flexibility index (Phi) is 3.14. The Labute approximate surface area is 86.9 Å². The molecule has 0 aliphatic rings. The molecule has 0 atom stereocenters. The van der Waals surface area contributed by atoms with Crippen LogP contribution in [0.1, 0.15) is 5.69 Å². The minimum atomic E-state index is 0. The second-order valence-electron chi connectivity index (χ2n) is 2.52. The molecule has 0 saturated carbocycles. The van der Waals surface area contributed by atoms with Crippen molar-refractivity contribution >= 4 is 29.7 Å². The van der Waals surface area contributed by atoms with E-state index in [0.717, 1.165) is 11.3 Å². The number of hydrogen-bond donors (Lipinski definition) is 1. The zero-order valence-corrected chi connectivity index (χ0v) is 8.35. The second kappa shape index (κ2) is 3.96. The van der Waals surface area contributed by atoms with Gasteiger partial charge in [0.1, 0.15) is 0 Å². The van der Waals surface area contributed by atoms with Gasteiger partial charge >= 0.3 is 0 Å². The lowest BCUT2D eigenvalue weighted by Crippen LogP contribution is -1.95. The summed E-state index contributed by atoms with van der Waals surface area (Å²) in [7, 11) is 0. The van der Waals surface area contributed by atoms with Gasteiger partial charge < -0.3 is 10.1 Å². The maximum Gasteiger partial charge on any atom is 0.155 e. The Morgan fingerprint density at radius 1 is 1.54 bits per heavy atom. The summed E-state index contributed by atoms with van der Waals surface area (Å²) in [5.41, 5.74) is 7.06. The fraction of sp³-hybridized carbons (Fsp3) is 0.125. The van der Waals surface area contributed by atoms with Crippen LogP contribution in [0.2, 0.25) is 5.02 Å². The van der Waals surface area contributed by atoms with E-state index in [1.807, 2.05) is 28.9 Å². The highest BCUT2D eigenvalue weighted by Crippen LogP contribution is 2.15. The van der Waals surface area contributed by atoms with Gasteiger partial charge in [0.25, 0.3) is 0 Å². The molecule has 5 heteroatoms. The van der Waals surface area contributed by atoms with Crippen LogP contribution in [0.15, 0.2) is 24.5 Å². The first-order chi connectivity index (χ1) is 5.81. The Morgan fingerprint density at radius 2 is 2.31 bits per heavy atom. The maximum absolute atomic E-state index is 5.90. The molecule has 0 bridgehead atoms. The minimum Gasteiger partial charge on any atom is -0.325 e. The van der Waals surface area contributed by atoms with E-state index >= 15 is 0 Å². The van der Waals surface area contributed by atoms with Gasteiger partial charge in [-0.15, -0.1) is 12.4 Å². The smallest absolute Gasteiger partial charge is 0.155 e. The number of nitrogens with zero attached hydrogens (tertiary/aromatic N) is 2. The summed E-state index contributed by atoms with van der Waals surface area (Å²) in [5, 5.41) is 0.650. The molecule has 2 heterocycles. The van der Waals surface area contributed by atoms with E-state index in [2.05, 4.69) is 4.98 Å². The number of halogens is 2. The number of hydrogen-bond acceptors (Lipinski definition) is 2. The molecule has 0 saturated heterocycles. The SMILES string of the molecule is Cl.NCc1cn2cccc(Cl)c2n1. The molecule has 2 aromatic heterocycles. The van der Waals surface area contributed by atoms with Gasteiger partial charge in [-0.2, -0.15) is 0 Å². The van der Waals surface area contributed by atoms with Crippen LogP contribution in [-0.4, -0.2) is 9.38 Å². The van der Waals surface area contributed by atoms with E-state index in [-0.39, 0.29) is 12.4 Å². The normalized spacial score (nSPS) is 10.0. The fourth-order valence-electron chi connectivity index (χ4n) is 1.13. The summed E-state index contributed by atoms with van der Waals surface area (Å²) in [6, 6.07) is 3.68. The predicted molar refractivity (Wildman–Crippen MR) is 55.3 cm³/mol. The summed E-state index contributed by atoms with van der Waals surface area (Å²) in [6.07, 6.45) is 3.77. The maximum atomic E-state index is 5.90. The predicted octanol–water partition coefficient (Wildman–Crippen LogP) is 1.87. The zero-order chi connectivity index (χ0) is 8.55. The van der Waals surface area contributed by atoms with Crippen LogP contribution in [0.4, 0.5) is 0 Å². The average Bonchev–Trinajstić information content (AvgIpc) is 2.49. The van der Waals surface area contributed by atoms with E-state index in [1.165, 1.54) is 0 Å². The van der Waals surface area contributed by atoms with Crippen molar-refractivity contribution in [1.82, 2.24) is 9.38 Å². The highest BCUT2D eigenvalue weighted by Gasteiger charge is 2.01. The molecule has 0 spiro atoms. The monoisotopic (exact) mass is 217 g/mol. The van der Waals surface area contributed by atoms with Crippen molar-refractivity contribution in [3.63, 3.8) is 0 Å². The summed E-state index contributed by atoms with van der Waals surface area (Å²) in [5.74, 6) is 0. The van der Waals surface area contributed by atoms with Crippen LogP contribution >= 0.6 is 24.0 Å². The van der Waals surface area contributed by atoms with Crippen LogP contribution < -0.4 is 5.73 Å². The van der Waals surface area contributed by atoms with Gasteiger partial charge in [0.15, 0.2) is 5.65 Å². The number of pyridine rings is 1. The topological polar surface area (TPSA) is 43.3 Å². The van der Waals surface area contributed by atoms with Crippen molar-refractivity contribution in [3.05, 3.63) is 35.2 Å². The Hall–Kier alpha value is -0.770. The molecular formula is C8H9Cl2N3. The van der Waals surface area contributed by atoms with Crippen molar-refractivity contribution in [2.75, 3.05) is 0 Å². The largest absolute Gasteiger partial charge is 0.325 e. The van der Waals surface area contributed by atoms with Crippen molar-refractivity contribution in [2.45, 2.75) is 6.54 Å². The summed E-state index contributed by atoms with van der Waals surface area (Å²) in [6.45, 7) is 0.442. The lowest BCUT2D eigenvalue weighted by molar-refractivity contribution is 1.02. The number of nitrogens with two attached hydrogens (primary N) is 1. The van der Waals surface area contributed by atoms with Gasteiger partial charge in [0.05, 0.1) is 10.7 Å². The standard InChI is InChI=1S/C8H8ClN3.ClH/c9-7-2-1-3-12-5-6(4-10)11-8(7)12;/h1-3,5H,4,10H2;1H. The summed E-state index contributed by atoms with van der Waals surface area (Å²) < 4.78 is 1.87. The van der Waals surface area contributed by atoms with Gasteiger partial charge in [-0.05, 0) is 12.1 Å². The third-order valence-corrected chi connectivity index (χ3v) is 1.99. The van der Waals surface area contributed by atoms with E-state index in [4.69, 9.17) is 17.3 Å². The van der Waals surface area contributed by atoms with Gasteiger partial charge in [0, 0.05) is 18.9 Å². The van der Waals surface area contributed by atoms with Gasteiger partial charge in [-0.1, -0.05) is 11.6 Å². The van der Waals surface area contributed by atoms with Crippen LogP contribution in [0, 0.1) is 0 Å². The molecule has 0 fully saturated rings. The van der Waals surface area contributed by atoms with Gasteiger partial charge in [-0.25, -0.2) is 4.98 Å². The summed E-state index contributed by atoms with van der Waals surface area (Å²) >= 11 is 5.90. The fourth-order valence-corrected chi connectivity index (χ4v) is 1.34. The van der Waals surface area contributed by atoms with Gasteiger partial charge in [-0.3, -0.25) is 0 Å². The third-order valence-electron chi connectivity index (χ3n) is 1.69. The molecule has 13 heavy (non-hydrogen) atoms. The van der Waals surface area contributed by atoms with Crippen molar-refractivity contribution in [1.29, 1.82) is 0 Å². The van der Waals surface area contributed by atoms with Crippen LogP contribution in [-0.2, 0) is 6.54 Å². The molecule has 0 unspecified atom stereocenters. The molecule has 2 rings (SSSR count). The van der Waals surface area contributed by atoms with E-state index < -0.39 is 0 Å². The Balaban J connectivity index is 0.000000845. The zero-order valence-electron chi connectivity index (χ0n) is 6.77. The molecule has 0 aliphatic carbocycles. The van der Waals surface area contributed by atoms with Crippen LogP contribution in [0.3, 0.4) is 0 Å². The second-order valence-corrected chi connectivity index (χ2v) is 2.93. The van der Waals surface area contributed by atoms with E-state index in [1.54, 1.807) is 0 Å². The minimum absolute atomic E-state index is 0. The third kappa shape index (κ3) is 1.77. The highest BCUT2D eigenvalue weighted by molar-refractivity contribution is 6.33. The molecule has 0 aliphatic heterocycles. The summed E-state index contributed by atoms with van der Waals surface area (Å²) in [4.78, 5) is 4.24. The highest BCUT2D eigenvalue weighted by atomic mass is 35.5. The lowest BCUT2D eigenvalue weighted by atomic mass is 10.5. The van der Waals surface area contributed by atoms with Crippen molar-refractivity contribution in [3.8, 4) is 0 Å². The first kappa shape index (κ1) is 10.3. The van der Waals surface area contributed by atoms with E-state index in [0.29, 0.717) is 11.6 Å². The first-order valence-corrected chi connectivity index (χ1v) is 4.01.